The number of hydrogen-bond acceptors (Lipinski definition) is 3. The van der Waals surface area contributed by atoms with Crippen LogP contribution < -0.4 is 11.2 Å². The van der Waals surface area contributed by atoms with Crippen LogP contribution in [0.4, 0.5) is 0 Å². The van der Waals surface area contributed by atoms with Crippen LogP contribution in [0.1, 0.15) is 11.3 Å². The number of aromatic amines is 2. The van der Waals surface area contributed by atoms with Crippen molar-refractivity contribution in [3.8, 4) is 0 Å². The van der Waals surface area contributed by atoms with Crippen LogP contribution in [0, 0.1) is 0 Å². The fraction of sp³-hybridized carbons (Fsp3) is 0. The van der Waals surface area contributed by atoms with E-state index in [1.807, 2.05) is 36.4 Å². The van der Waals surface area contributed by atoms with Crippen LogP contribution in [-0.4, -0.2) is 15.0 Å². The molecule has 0 atom stereocenters. The van der Waals surface area contributed by atoms with Gasteiger partial charge in [-0.15, -0.1) is 0 Å². The van der Waals surface area contributed by atoms with E-state index in [-0.39, 0.29) is 5.52 Å². The Balaban J connectivity index is 2.00. The average molecular weight is 344 g/mol. The molecule has 0 spiro atoms. The SMILES string of the molecule is O=c1[nH]c(=O)c2nc(/C=C/c3ccc(Br)cc3)ccc2[nH]1. The Labute approximate surface area is 127 Å². The van der Waals surface area contributed by atoms with E-state index in [1.165, 1.54) is 0 Å². The summed E-state index contributed by atoms with van der Waals surface area (Å²) in [4.78, 5) is 31.8. The van der Waals surface area contributed by atoms with E-state index < -0.39 is 11.2 Å². The number of nitrogens with one attached hydrogen (secondary N) is 2. The molecule has 0 saturated heterocycles. The molecule has 5 nitrogen and oxygen atoms in total. The largest absolute Gasteiger partial charge is 0.326 e. The molecule has 104 valence electrons. The van der Waals surface area contributed by atoms with Gasteiger partial charge in [-0.3, -0.25) is 9.78 Å². The lowest BCUT2D eigenvalue weighted by Crippen LogP contribution is -2.22. The summed E-state index contributed by atoms with van der Waals surface area (Å²) in [5.74, 6) is 0. The van der Waals surface area contributed by atoms with Crippen LogP contribution in [-0.2, 0) is 0 Å². The van der Waals surface area contributed by atoms with E-state index in [0.29, 0.717) is 11.2 Å². The molecular formula is C15H10BrN3O2. The minimum absolute atomic E-state index is 0.215. The number of H-pyrrole nitrogens is 2. The summed E-state index contributed by atoms with van der Waals surface area (Å²) in [6.07, 6.45) is 3.72. The topological polar surface area (TPSA) is 78.6 Å². The highest BCUT2D eigenvalue weighted by atomic mass is 79.9. The molecule has 0 aliphatic heterocycles. The summed E-state index contributed by atoms with van der Waals surface area (Å²) in [7, 11) is 0. The van der Waals surface area contributed by atoms with E-state index in [4.69, 9.17) is 0 Å². The van der Waals surface area contributed by atoms with Gasteiger partial charge in [0.15, 0.2) is 5.52 Å². The summed E-state index contributed by atoms with van der Waals surface area (Å²) in [5.41, 5.74) is 1.27. The second-order valence-electron chi connectivity index (χ2n) is 4.43. The van der Waals surface area contributed by atoms with E-state index in [2.05, 4.69) is 30.9 Å². The number of nitrogens with zero attached hydrogens (tertiary/aromatic N) is 1. The van der Waals surface area contributed by atoms with Gasteiger partial charge in [0.05, 0.1) is 11.2 Å². The summed E-state index contributed by atoms with van der Waals surface area (Å²) in [6.45, 7) is 0. The molecule has 21 heavy (non-hydrogen) atoms. The first-order chi connectivity index (χ1) is 10.1. The second kappa shape index (κ2) is 5.49. The maximum absolute atomic E-state index is 11.7. The molecule has 2 aromatic heterocycles. The third-order valence-electron chi connectivity index (χ3n) is 2.92. The molecule has 6 heteroatoms. The zero-order valence-corrected chi connectivity index (χ0v) is 12.3. The van der Waals surface area contributed by atoms with Crippen molar-refractivity contribution in [2.24, 2.45) is 0 Å². The van der Waals surface area contributed by atoms with Crippen LogP contribution in [0.5, 0.6) is 0 Å². The predicted octanol–water partition coefficient (Wildman–Crippen LogP) is 2.54. The lowest BCUT2D eigenvalue weighted by atomic mass is 10.2. The highest BCUT2D eigenvalue weighted by molar-refractivity contribution is 9.10. The highest BCUT2D eigenvalue weighted by Gasteiger charge is 2.02. The fourth-order valence-electron chi connectivity index (χ4n) is 1.91. The van der Waals surface area contributed by atoms with Crippen molar-refractivity contribution < 1.29 is 0 Å². The molecule has 3 aromatic rings. The Morgan fingerprint density at radius 3 is 2.48 bits per heavy atom. The maximum atomic E-state index is 11.7. The van der Waals surface area contributed by atoms with Crippen molar-refractivity contribution in [2.75, 3.05) is 0 Å². The van der Waals surface area contributed by atoms with Gasteiger partial charge in [-0.2, -0.15) is 0 Å². The Hall–Kier alpha value is -2.47. The van der Waals surface area contributed by atoms with Gasteiger partial charge in [0.1, 0.15) is 0 Å². The van der Waals surface area contributed by atoms with Crippen LogP contribution in [0.25, 0.3) is 23.2 Å². The molecule has 0 fully saturated rings. The van der Waals surface area contributed by atoms with Crippen molar-refractivity contribution in [2.45, 2.75) is 0 Å². The van der Waals surface area contributed by atoms with Crippen molar-refractivity contribution in [1.82, 2.24) is 15.0 Å². The number of rotatable bonds is 2. The smallest absolute Gasteiger partial charge is 0.305 e. The molecule has 0 aliphatic carbocycles. The molecule has 0 amide bonds. The van der Waals surface area contributed by atoms with Crippen LogP contribution in [0.2, 0.25) is 0 Å². The fourth-order valence-corrected chi connectivity index (χ4v) is 2.18. The molecule has 2 heterocycles. The van der Waals surface area contributed by atoms with Gasteiger partial charge in [-0.1, -0.05) is 34.1 Å². The van der Waals surface area contributed by atoms with Gasteiger partial charge in [0.2, 0.25) is 0 Å². The minimum atomic E-state index is -0.535. The van der Waals surface area contributed by atoms with E-state index in [0.717, 1.165) is 10.0 Å². The average Bonchev–Trinajstić information content (AvgIpc) is 2.47. The quantitative estimate of drug-likeness (QED) is 0.750. The number of hydrogen-bond donors (Lipinski definition) is 2. The standard InChI is InChI=1S/C15H10BrN3O2/c16-10-4-1-9(2-5-10)3-6-11-7-8-12-13(17-11)14(20)19-15(21)18-12/h1-8H,(H2,18,19,20,21)/b6-3+. The molecule has 0 bridgehead atoms. The number of pyridine rings is 1. The molecule has 1 aromatic carbocycles. The van der Waals surface area contributed by atoms with Crippen LogP contribution in [0.3, 0.4) is 0 Å². The third-order valence-corrected chi connectivity index (χ3v) is 3.45. The number of aromatic nitrogens is 3. The van der Waals surface area contributed by atoms with Gasteiger partial charge >= 0.3 is 5.69 Å². The van der Waals surface area contributed by atoms with Crippen LogP contribution in [0.15, 0.2) is 50.5 Å². The zero-order chi connectivity index (χ0) is 14.8. The first-order valence-electron chi connectivity index (χ1n) is 6.19. The summed E-state index contributed by atoms with van der Waals surface area (Å²) >= 11 is 3.38. The monoisotopic (exact) mass is 343 g/mol. The van der Waals surface area contributed by atoms with Gasteiger partial charge in [-0.25, -0.2) is 9.78 Å². The maximum Gasteiger partial charge on any atom is 0.326 e. The molecule has 2 N–H and O–H groups in total. The Kier molecular flexibility index (Phi) is 3.53. The van der Waals surface area contributed by atoms with Crippen molar-refractivity contribution in [3.63, 3.8) is 0 Å². The summed E-state index contributed by atoms with van der Waals surface area (Å²) in [5, 5.41) is 0. The summed E-state index contributed by atoms with van der Waals surface area (Å²) < 4.78 is 1.01. The first kappa shape index (κ1) is 13.5. The molecule has 0 unspecified atom stereocenters. The number of halogens is 1. The van der Waals surface area contributed by atoms with Crippen LogP contribution >= 0.6 is 15.9 Å². The molecule has 0 saturated carbocycles. The van der Waals surface area contributed by atoms with E-state index >= 15 is 0 Å². The molecule has 0 radical (unpaired) electrons. The summed E-state index contributed by atoms with van der Waals surface area (Å²) in [6, 6.07) is 11.2. The molecule has 3 rings (SSSR count). The van der Waals surface area contributed by atoms with Crippen molar-refractivity contribution in [1.29, 1.82) is 0 Å². The normalized spacial score (nSPS) is 11.3. The van der Waals surface area contributed by atoms with E-state index in [9.17, 15) is 9.59 Å². The van der Waals surface area contributed by atoms with Gasteiger partial charge < -0.3 is 4.98 Å². The minimum Gasteiger partial charge on any atom is -0.305 e. The van der Waals surface area contributed by atoms with Crippen molar-refractivity contribution in [3.05, 3.63) is 73.0 Å². The third kappa shape index (κ3) is 3.00. The number of fused-ring (bicyclic) bond motifs is 1. The first-order valence-corrected chi connectivity index (χ1v) is 6.98. The Bertz CT molecular complexity index is 940. The number of benzene rings is 1. The highest BCUT2D eigenvalue weighted by Crippen LogP contribution is 2.13. The molecule has 0 aliphatic rings. The van der Waals surface area contributed by atoms with Gasteiger partial charge in [0.25, 0.3) is 5.56 Å². The molecular weight excluding hydrogens is 334 g/mol. The van der Waals surface area contributed by atoms with E-state index in [1.54, 1.807) is 12.1 Å². The Morgan fingerprint density at radius 2 is 1.71 bits per heavy atom. The van der Waals surface area contributed by atoms with Crippen molar-refractivity contribution >= 4 is 39.1 Å². The van der Waals surface area contributed by atoms with Gasteiger partial charge in [-0.05, 0) is 35.9 Å². The lowest BCUT2D eigenvalue weighted by molar-refractivity contribution is 1.07. The predicted molar refractivity (Wildman–Crippen MR) is 86.1 cm³/mol. The Morgan fingerprint density at radius 1 is 0.952 bits per heavy atom. The lowest BCUT2D eigenvalue weighted by Gasteiger charge is -1.98. The van der Waals surface area contributed by atoms with Gasteiger partial charge in [0, 0.05) is 4.47 Å². The second-order valence-corrected chi connectivity index (χ2v) is 5.34. The zero-order valence-electron chi connectivity index (χ0n) is 10.8.